The summed E-state index contributed by atoms with van der Waals surface area (Å²) in [6.45, 7) is 0. The third kappa shape index (κ3) is 10.7. The molecule has 6 aromatic rings. The summed E-state index contributed by atoms with van der Waals surface area (Å²) in [5.74, 6) is -5.96. The zero-order chi connectivity index (χ0) is 43.8. The molecule has 3 N–H and O–H groups in total. The van der Waals surface area contributed by atoms with Gasteiger partial charge in [0, 0.05) is 16.7 Å². The third-order valence-corrected chi connectivity index (χ3v) is 11.6. The van der Waals surface area contributed by atoms with E-state index in [-0.39, 0.29) is 16.7 Å². The highest BCUT2D eigenvalue weighted by Crippen LogP contribution is 2.35. The second-order valence-corrected chi connectivity index (χ2v) is 18.1. The van der Waals surface area contributed by atoms with Gasteiger partial charge in [0.1, 0.15) is 32.9 Å². The minimum Gasteiger partial charge on any atom is -0.353 e. The molecule has 20 nitrogen and oxygen atoms in total. The maximum Gasteiger partial charge on any atom is 0.501 e. The van der Waals surface area contributed by atoms with Gasteiger partial charge in [-0.2, -0.15) is 25.3 Å². The van der Waals surface area contributed by atoms with E-state index in [1.54, 1.807) is 0 Å². The molecule has 5 aromatic carbocycles. The molecule has 0 aliphatic carbocycles. The van der Waals surface area contributed by atoms with Crippen molar-refractivity contribution in [1.29, 1.82) is 0 Å². The Kier molecular flexibility index (Phi) is 11.6. The molecule has 0 radical (unpaired) electrons. The van der Waals surface area contributed by atoms with Crippen molar-refractivity contribution in [2.24, 2.45) is 0 Å². The van der Waals surface area contributed by atoms with Crippen LogP contribution in [0.5, 0.6) is 23.0 Å². The molecule has 0 bridgehead atoms. The van der Waals surface area contributed by atoms with Crippen LogP contribution in [0.4, 0.5) is 8.78 Å². The fraction of sp³-hybridized carbons (Fsp3) is 0. The average Bonchev–Trinajstić information content (AvgIpc) is 3.15. The minimum absolute atomic E-state index is 0.159. The molecule has 1 aromatic heterocycles. The lowest BCUT2D eigenvalue weighted by Crippen LogP contribution is -2.18. The molecule has 0 saturated carbocycles. The van der Waals surface area contributed by atoms with Crippen molar-refractivity contribution in [2.45, 2.75) is 14.7 Å². The third-order valence-electron chi connectivity index (χ3n) is 7.39. The van der Waals surface area contributed by atoms with Crippen molar-refractivity contribution < 1.29 is 81.3 Å². The van der Waals surface area contributed by atoms with Gasteiger partial charge in [-0.25, -0.2) is 23.7 Å². The summed E-state index contributed by atoms with van der Waals surface area (Å²) in [6, 6.07) is 16.0. The Morgan fingerprint density at radius 1 is 0.417 bits per heavy atom. The van der Waals surface area contributed by atoms with Crippen molar-refractivity contribution >= 4 is 51.2 Å². The van der Waals surface area contributed by atoms with E-state index < -0.39 is 118 Å². The maximum atomic E-state index is 13.3. The highest BCUT2D eigenvalue weighted by Gasteiger charge is 2.28. The zero-order valence-electron chi connectivity index (χ0n) is 29.1. The van der Waals surface area contributed by atoms with E-state index in [2.05, 4.69) is 15.0 Å². The summed E-state index contributed by atoms with van der Waals surface area (Å²) in [5, 5.41) is 0. The first-order chi connectivity index (χ1) is 27.8. The first-order valence-corrected chi connectivity index (χ1v) is 22.7. The minimum atomic E-state index is -5.37. The van der Waals surface area contributed by atoms with E-state index >= 15 is 0 Å². The second-order valence-electron chi connectivity index (χ2n) is 11.6. The van der Waals surface area contributed by atoms with Crippen molar-refractivity contribution in [3.05, 3.63) is 121 Å². The van der Waals surface area contributed by atoms with Crippen LogP contribution in [0.25, 0.3) is 34.2 Å². The molecule has 0 unspecified atom stereocenters. The average molecular weight is 930 g/mol. The zero-order valence-corrected chi connectivity index (χ0v) is 33.2. The number of hydrogen-bond acceptors (Lipinski definition) is 17. The molecular weight excluding hydrogens is 909 g/mol. The monoisotopic (exact) mass is 929 g/mol. The number of benzene rings is 5. The number of halogens is 2. The molecule has 0 spiro atoms. The lowest BCUT2D eigenvalue weighted by atomic mass is 10.1. The fourth-order valence-corrected chi connectivity index (χ4v) is 8.27. The van der Waals surface area contributed by atoms with Gasteiger partial charge in [0.2, 0.25) is 0 Å². The first-order valence-electron chi connectivity index (χ1n) is 15.7. The standard InChI is InChI=1S/C33H21F2N3O17S5/c34-22-6-10-24(11-7-22)52-59(48,49)54-27-14-4-20(17-29(27)57(42,43)44)32-36-31(19-2-1-3-26(16-19)56(39,40)41)37-33(38-32)21-5-15-28(30(18-21)58(45,46)47)55-60(50,51)53-25-12-8-23(35)9-13-25/h1-18H,(H,39,40,41)(H,42,43,44)(H,45,46,47). The van der Waals surface area contributed by atoms with Gasteiger partial charge in [-0.15, -0.1) is 16.8 Å². The van der Waals surface area contributed by atoms with E-state index in [1.165, 1.54) is 6.07 Å². The van der Waals surface area contributed by atoms with Crippen LogP contribution < -0.4 is 16.7 Å². The van der Waals surface area contributed by atoms with Crippen LogP contribution in [-0.4, -0.2) is 70.7 Å². The van der Waals surface area contributed by atoms with Crippen LogP contribution in [0.2, 0.25) is 0 Å². The van der Waals surface area contributed by atoms with E-state index in [4.69, 9.17) is 16.7 Å². The van der Waals surface area contributed by atoms with Gasteiger partial charge in [-0.1, -0.05) is 12.1 Å². The predicted octanol–water partition coefficient (Wildman–Crippen LogP) is 4.30. The van der Waals surface area contributed by atoms with Crippen molar-refractivity contribution in [3.8, 4) is 57.2 Å². The summed E-state index contributed by atoms with van der Waals surface area (Å²) in [7, 11) is -25.9. The van der Waals surface area contributed by atoms with Gasteiger partial charge < -0.3 is 16.7 Å². The van der Waals surface area contributed by atoms with Crippen LogP contribution in [0, 0.1) is 11.6 Å². The molecule has 314 valence electrons. The Balaban J connectivity index is 1.47. The summed E-state index contributed by atoms with van der Waals surface area (Å²) in [5.41, 5.74) is -0.878. The van der Waals surface area contributed by atoms with Gasteiger partial charge in [0.05, 0.1) is 4.90 Å². The summed E-state index contributed by atoms with van der Waals surface area (Å²) in [6.07, 6.45) is 0. The Labute approximate surface area is 338 Å². The Morgan fingerprint density at radius 2 is 0.783 bits per heavy atom. The number of rotatable bonds is 14. The fourth-order valence-electron chi connectivity index (χ4n) is 4.86. The summed E-state index contributed by atoms with van der Waals surface area (Å²) < 4.78 is 200. The Morgan fingerprint density at radius 3 is 1.13 bits per heavy atom. The SMILES string of the molecule is O=S(=O)(Oc1ccc(F)cc1)Oc1ccc(-c2nc(-c3cccc(S(=O)(=O)O)c3)nc(-c3ccc(OS(=O)(=O)Oc4ccc(F)cc4)c(S(=O)(=O)O)c3)n2)cc1S(=O)(=O)O. The van der Waals surface area contributed by atoms with Gasteiger partial charge >= 0.3 is 20.8 Å². The second kappa shape index (κ2) is 16.1. The van der Waals surface area contributed by atoms with Gasteiger partial charge in [0.15, 0.2) is 29.0 Å². The van der Waals surface area contributed by atoms with Gasteiger partial charge in [-0.05, 0) is 97.1 Å². The van der Waals surface area contributed by atoms with Crippen molar-refractivity contribution in [3.63, 3.8) is 0 Å². The number of nitrogens with zero attached hydrogens (tertiary/aromatic N) is 3. The molecular formula is C33H21F2N3O17S5. The van der Waals surface area contributed by atoms with Crippen molar-refractivity contribution in [1.82, 2.24) is 15.0 Å². The summed E-state index contributed by atoms with van der Waals surface area (Å²) in [4.78, 5) is 9.51. The lowest BCUT2D eigenvalue weighted by Gasteiger charge is -2.13. The van der Waals surface area contributed by atoms with Crippen LogP contribution in [0.1, 0.15) is 0 Å². The number of hydrogen-bond donors (Lipinski definition) is 3. The normalized spacial score (nSPS) is 12.4. The topological polar surface area (TPSA) is 307 Å². The van der Waals surface area contributed by atoms with Gasteiger partial charge in [-0.3, -0.25) is 13.7 Å². The Hall–Kier alpha value is -6.20. The van der Waals surface area contributed by atoms with E-state index in [0.29, 0.717) is 12.1 Å². The molecule has 1 heterocycles. The molecule has 0 amide bonds. The quantitative estimate of drug-likeness (QED) is 0.128. The molecule has 0 aliphatic heterocycles. The van der Waals surface area contributed by atoms with E-state index in [1.807, 2.05) is 0 Å². The van der Waals surface area contributed by atoms with Crippen LogP contribution >= 0.6 is 0 Å². The Bertz CT molecular complexity index is 3050. The van der Waals surface area contributed by atoms with E-state index in [9.17, 15) is 64.5 Å². The number of aromatic nitrogens is 3. The van der Waals surface area contributed by atoms with Crippen molar-refractivity contribution in [2.75, 3.05) is 0 Å². The largest absolute Gasteiger partial charge is 0.501 e. The predicted molar refractivity (Wildman–Crippen MR) is 199 cm³/mol. The van der Waals surface area contributed by atoms with E-state index in [0.717, 1.165) is 91.0 Å². The first kappa shape index (κ1) is 43.4. The highest BCUT2D eigenvalue weighted by atomic mass is 32.3. The smallest absolute Gasteiger partial charge is 0.353 e. The molecule has 0 saturated heterocycles. The molecule has 0 fully saturated rings. The molecule has 0 atom stereocenters. The lowest BCUT2D eigenvalue weighted by molar-refractivity contribution is 0.384. The maximum absolute atomic E-state index is 13.3. The highest BCUT2D eigenvalue weighted by molar-refractivity contribution is 7.86. The molecule has 6 rings (SSSR count). The molecule has 0 aliphatic rings. The molecule has 60 heavy (non-hydrogen) atoms. The van der Waals surface area contributed by atoms with Gasteiger partial charge in [0.25, 0.3) is 30.4 Å². The summed E-state index contributed by atoms with van der Waals surface area (Å²) >= 11 is 0. The molecule has 27 heteroatoms. The van der Waals surface area contributed by atoms with Crippen LogP contribution in [0.15, 0.2) is 124 Å². The van der Waals surface area contributed by atoms with Crippen LogP contribution in [0.3, 0.4) is 0 Å². The van der Waals surface area contributed by atoms with Crippen LogP contribution in [-0.2, 0) is 51.2 Å².